The molecule has 0 atom stereocenters. The maximum atomic E-state index is 12.4. The largest absolute Gasteiger partial charge is 0.423 e. The minimum absolute atomic E-state index is 0.100. The lowest BCUT2D eigenvalue weighted by atomic mass is 10.1. The van der Waals surface area contributed by atoms with Crippen LogP contribution in [-0.2, 0) is 0 Å². The van der Waals surface area contributed by atoms with E-state index in [0.29, 0.717) is 11.6 Å². The Morgan fingerprint density at radius 2 is 1.66 bits per heavy atom. The molecule has 8 nitrogen and oxygen atoms in total. The van der Waals surface area contributed by atoms with Gasteiger partial charge in [-0.15, -0.1) is 0 Å². The van der Waals surface area contributed by atoms with Gasteiger partial charge >= 0.3 is 5.97 Å². The summed E-state index contributed by atoms with van der Waals surface area (Å²) in [7, 11) is 0. The van der Waals surface area contributed by atoms with Crippen LogP contribution < -0.4 is 4.74 Å². The number of ether oxygens (including phenoxy) is 1. The molecule has 1 aromatic heterocycles. The van der Waals surface area contributed by atoms with Gasteiger partial charge in [-0.2, -0.15) is 5.10 Å². The molecule has 0 bridgehead atoms. The van der Waals surface area contributed by atoms with E-state index >= 15 is 0 Å². The summed E-state index contributed by atoms with van der Waals surface area (Å²) in [6.45, 7) is 2.04. The molecule has 0 spiro atoms. The van der Waals surface area contributed by atoms with Crippen molar-refractivity contribution in [2.75, 3.05) is 0 Å². The zero-order valence-corrected chi connectivity index (χ0v) is 20.4. The van der Waals surface area contributed by atoms with E-state index in [0.717, 1.165) is 22.5 Å². The van der Waals surface area contributed by atoms with Gasteiger partial charge in [0.2, 0.25) is 0 Å². The molecule has 4 aromatic carbocycles. The number of rotatable bonds is 7. The molecule has 0 saturated carbocycles. The Bertz CT molecular complexity index is 1620. The number of benzene rings is 4. The lowest BCUT2D eigenvalue weighted by molar-refractivity contribution is -0.384. The van der Waals surface area contributed by atoms with Crippen LogP contribution in [0.3, 0.4) is 0 Å². The fraction of sp³-hybridized carbons (Fsp3) is 0.0333. The number of carbonyl (C=O) groups excluding carboxylic acids is 1. The van der Waals surface area contributed by atoms with Gasteiger partial charge < -0.3 is 4.74 Å². The van der Waals surface area contributed by atoms with Crippen molar-refractivity contribution in [2.24, 2.45) is 4.99 Å². The highest BCUT2D eigenvalue weighted by molar-refractivity contribution is 5.92. The van der Waals surface area contributed by atoms with Gasteiger partial charge in [0.25, 0.3) is 5.69 Å². The van der Waals surface area contributed by atoms with Gasteiger partial charge in [-0.05, 0) is 55.0 Å². The van der Waals surface area contributed by atoms with Crippen LogP contribution >= 0.6 is 0 Å². The zero-order chi connectivity index (χ0) is 26.5. The number of aryl methyl sites for hydroxylation is 1. The molecule has 0 fully saturated rings. The smallest absolute Gasteiger partial charge is 0.343 e. The highest BCUT2D eigenvalue weighted by Crippen LogP contribution is 2.27. The molecule has 0 saturated heterocycles. The SMILES string of the molecule is Cc1ccc(-c2cc(N=Cc3ccc(OC(=O)c4cccc([N+](=O)[O-])c4)cc3)n(-c3ccccc3)n2)cc1. The van der Waals surface area contributed by atoms with Crippen LogP contribution in [-0.4, -0.2) is 26.9 Å². The Morgan fingerprint density at radius 1 is 0.921 bits per heavy atom. The summed E-state index contributed by atoms with van der Waals surface area (Å²) in [6, 6.07) is 32.1. The number of non-ortho nitro benzene ring substituents is 1. The van der Waals surface area contributed by atoms with Crippen molar-refractivity contribution in [1.29, 1.82) is 0 Å². The molecule has 0 aliphatic heterocycles. The van der Waals surface area contributed by atoms with E-state index in [2.05, 4.69) is 4.99 Å². The van der Waals surface area contributed by atoms with E-state index in [1.165, 1.54) is 29.8 Å². The summed E-state index contributed by atoms with van der Waals surface area (Å²) in [5.41, 5.74) is 4.59. The quantitative estimate of drug-likeness (QED) is 0.0808. The van der Waals surface area contributed by atoms with Crippen LogP contribution in [0.25, 0.3) is 16.9 Å². The van der Waals surface area contributed by atoms with Crippen LogP contribution in [0.4, 0.5) is 11.5 Å². The number of nitrogens with zero attached hydrogens (tertiary/aromatic N) is 4. The maximum Gasteiger partial charge on any atom is 0.343 e. The maximum absolute atomic E-state index is 12.4. The number of nitro benzene ring substituents is 1. The van der Waals surface area contributed by atoms with Gasteiger partial charge in [-0.1, -0.05) is 54.1 Å². The van der Waals surface area contributed by atoms with Gasteiger partial charge in [0.05, 0.1) is 21.9 Å². The lowest BCUT2D eigenvalue weighted by Gasteiger charge is -2.05. The van der Waals surface area contributed by atoms with E-state index in [9.17, 15) is 14.9 Å². The highest BCUT2D eigenvalue weighted by Gasteiger charge is 2.14. The van der Waals surface area contributed by atoms with Crippen LogP contribution in [0.15, 0.2) is 114 Å². The van der Waals surface area contributed by atoms with Crippen LogP contribution in [0, 0.1) is 17.0 Å². The third-order valence-electron chi connectivity index (χ3n) is 5.77. The highest BCUT2D eigenvalue weighted by atomic mass is 16.6. The Morgan fingerprint density at radius 3 is 2.37 bits per heavy atom. The fourth-order valence-corrected chi connectivity index (χ4v) is 3.76. The number of para-hydroxylation sites is 1. The van der Waals surface area contributed by atoms with Crippen molar-refractivity contribution in [3.8, 4) is 22.7 Å². The number of nitro groups is 1. The van der Waals surface area contributed by atoms with Gasteiger partial charge in [-0.3, -0.25) is 10.1 Å². The number of carbonyl (C=O) groups is 1. The standard InChI is InChI=1S/C30H22N4O4/c1-21-10-14-23(15-11-21)28-19-29(33(32-28)25-7-3-2-4-8-25)31-20-22-12-16-27(17-13-22)38-30(35)24-6-5-9-26(18-24)34(36)37/h2-20H,1H3. The Balaban J connectivity index is 1.36. The van der Waals surface area contributed by atoms with Crippen LogP contribution in [0.5, 0.6) is 5.75 Å². The van der Waals surface area contributed by atoms with Gasteiger partial charge in [0.15, 0.2) is 5.82 Å². The first kappa shape index (κ1) is 24.3. The molecule has 0 N–H and O–H groups in total. The van der Waals surface area contributed by atoms with E-state index in [1.807, 2.05) is 67.6 Å². The van der Waals surface area contributed by atoms with E-state index in [1.54, 1.807) is 35.2 Å². The minimum atomic E-state index is -0.675. The van der Waals surface area contributed by atoms with E-state index in [-0.39, 0.29) is 11.3 Å². The summed E-state index contributed by atoms with van der Waals surface area (Å²) in [5, 5.41) is 15.7. The van der Waals surface area contributed by atoms with Crippen molar-refractivity contribution in [1.82, 2.24) is 9.78 Å². The number of aliphatic imine (C=N–C) groups is 1. The third-order valence-corrected chi connectivity index (χ3v) is 5.77. The lowest BCUT2D eigenvalue weighted by Crippen LogP contribution is -2.08. The zero-order valence-electron chi connectivity index (χ0n) is 20.4. The molecule has 0 radical (unpaired) electrons. The van der Waals surface area contributed by atoms with E-state index < -0.39 is 10.9 Å². The third kappa shape index (κ3) is 5.55. The molecule has 186 valence electrons. The average Bonchev–Trinajstić information content (AvgIpc) is 3.38. The molecule has 0 unspecified atom stereocenters. The van der Waals surface area contributed by atoms with Crippen molar-refractivity contribution in [3.63, 3.8) is 0 Å². The molecule has 0 aliphatic carbocycles. The molecular weight excluding hydrogens is 480 g/mol. The number of hydrogen-bond acceptors (Lipinski definition) is 6. The summed E-state index contributed by atoms with van der Waals surface area (Å²) in [6.07, 6.45) is 1.71. The summed E-state index contributed by atoms with van der Waals surface area (Å²) in [4.78, 5) is 27.5. The summed E-state index contributed by atoms with van der Waals surface area (Å²) >= 11 is 0. The second-order valence-electron chi connectivity index (χ2n) is 8.53. The van der Waals surface area contributed by atoms with Crippen LogP contribution in [0.1, 0.15) is 21.5 Å². The summed E-state index contributed by atoms with van der Waals surface area (Å²) < 4.78 is 7.16. The molecular formula is C30H22N4O4. The first-order valence-corrected chi connectivity index (χ1v) is 11.8. The van der Waals surface area contributed by atoms with Gasteiger partial charge in [0, 0.05) is 30.0 Å². The predicted molar refractivity (Wildman–Crippen MR) is 145 cm³/mol. The van der Waals surface area contributed by atoms with Crippen molar-refractivity contribution < 1.29 is 14.5 Å². The average molecular weight is 503 g/mol. The van der Waals surface area contributed by atoms with Gasteiger partial charge in [0.1, 0.15) is 5.75 Å². The Labute approximate surface area is 218 Å². The summed E-state index contributed by atoms with van der Waals surface area (Å²) in [5.74, 6) is 0.299. The van der Waals surface area contributed by atoms with Crippen LogP contribution in [0.2, 0.25) is 0 Å². The molecule has 0 aliphatic rings. The monoisotopic (exact) mass is 502 g/mol. The van der Waals surface area contributed by atoms with Crippen molar-refractivity contribution in [3.05, 3.63) is 136 Å². The predicted octanol–water partition coefficient (Wildman–Crippen LogP) is 6.73. The second kappa shape index (κ2) is 10.7. The molecule has 5 rings (SSSR count). The molecule has 38 heavy (non-hydrogen) atoms. The van der Waals surface area contributed by atoms with Crippen molar-refractivity contribution >= 4 is 23.7 Å². The molecule has 0 amide bonds. The number of hydrogen-bond donors (Lipinski definition) is 0. The first-order valence-electron chi connectivity index (χ1n) is 11.8. The first-order chi connectivity index (χ1) is 18.5. The Hall–Kier alpha value is -5.37. The molecule has 1 heterocycles. The number of esters is 1. The number of aromatic nitrogens is 2. The second-order valence-corrected chi connectivity index (χ2v) is 8.53. The fourth-order valence-electron chi connectivity index (χ4n) is 3.76. The normalized spacial score (nSPS) is 11.0. The Kier molecular flexibility index (Phi) is 6.86. The minimum Gasteiger partial charge on any atom is -0.423 e. The molecule has 8 heteroatoms. The van der Waals surface area contributed by atoms with E-state index in [4.69, 9.17) is 9.84 Å². The topological polar surface area (TPSA) is 99.6 Å². The van der Waals surface area contributed by atoms with Crippen molar-refractivity contribution in [2.45, 2.75) is 6.92 Å². The molecule has 5 aromatic rings. The van der Waals surface area contributed by atoms with Gasteiger partial charge in [-0.25, -0.2) is 14.5 Å².